The molecule has 2 aromatic carbocycles. The summed E-state index contributed by atoms with van der Waals surface area (Å²) in [6, 6.07) is 14.5. The topological polar surface area (TPSA) is 73.5 Å². The average molecular weight is 304 g/mol. The number of halogens is 1. The van der Waals surface area contributed by atoms with Crippen molar-refractivity contribution in [3.8, 4) is 11.8 Å². The highest BCUT2D eigenvalue weighted by atomic mass is 35.5. The first-order valence-electron chi connectivity index (χ1n) is 6.35. The van der Waals surface area contributed by atoms with Gasteiger partial charge in [-0.1, -0.05) is 23.7 Å². The van der Waals surface area contributed by atoms with Crippen LogP contribution >= 0.6 is 11.6 Å². The van der Waals surface area contributed by atoms with E-state index < -0.39 is 6.29 Å². The van der Waals surface area contributed by atoms with Gasteiger partial charge < -0.3 is 14.9 Å². The standard InChI is InChI=1S/C16H14ClNO3/c17-14-4-5-15(21-10-16(19)20)13(8-14)7-11-2-1-3-12(6-11)9-18/h1-6,8,16,19-20H,7,10H2. The van der Waals surface area contributed by atoms with Crippen molar-refractivity contribution in [1.82, 2.24) is 0 Å². The monoisotopic (exact) mass is 303 g/mol. The first-order chi connectivity index (χ1) is 10.1. The van der Waals surface area contributed by atoms with Gasteiger partial charge in [-0.3, -0.25) is 0 Å². The molecule has 2 N–H and O–H groups in total. The van der Waals surface area contributed by atoms with Crippen molar-refractivity contribution in [2.24, 2.45) is 0 Å². The lowest BCUT2D eigenvalue weighted by molar-refractivity contribution is -0.0681. The number of benzene rings is 2. The molecule has 2 rings (SSSR count). The molecule has 5 heteroatoms. The number of aliphatic hydroxyl groups excluding tert-OH is 1. The largest absolute Gasteiger partial charge is 0.488 e. The predicted molar refractivity (Wildman–Crippen MR) is 79.1 cm³/mol. The summed E-state index contributed by atoms with van der Waals surface area (Å²) < 4.78 is 5.36. The van der Waals surface area contributed by atoms with Gasteiger partial charge in [0.25, 0.3) is 0 Å². The van der Waals surface area contributed by atoms with Crippen molar-refractivity contribution in [3.63, 3.8) is 0 Å². The minimum absolute atomic E-state index is 0.215. The van der Waals surface area contributed by atoms with Crippen molar-refractivity contribution in [2.75, 3.05) is 6.61 Å². The third-order valence-electron chi connectivity index (χ3n) is 2.86. The Kier molecular flexibility index (Phi) is 5.18. The number of nitrogens with zero attached hydrogens (tertiary/aromatic N) is 1. The summed E-state index contributed by atoms with van der Waals surface area (Å²) in [4.78, 5) is 0. The fraction of sp³-hybridized carbons (Fsp3) is 0.188. The van der Waals surface area contributed by atoms with Gasteiger partial charge in [0.05, 0.1) is 11.6 Å². The van der Waals surface area contributed by atoms with Crippen LogP contribution in [0.25, 0.3) is 0 Å². The van der Waals surface area contributed by atoms with Gasteiger partial charge in [0.15, 0.2) is 6.29 Å². The van der Waals surface area contributed by atoms with Gasteiger partial charge in [-0.05, 0) is 41.5 Å². The lowest BCUT2D eigenvalue weighted by Crippen LogP contribution is -2.16. The summed E-state index contributed by atoms with van der Waals surface area (Å²) in [6.45, 7) is -0.215. The molecule has 0 heterocycles. The minimum atomic E-state index is -1.53. The molecule has 0 unspecified atom stereocenters. The predicted octanol–water partition coefficient (Wildman–Crippen LogP) is 2.49. The summed E-state index contributed by atoms with van der Waals surface area (Å²) in [6.07, 6.45) is -0.997. The molecule has 4 nitrogen and oxygen atoms in total. The maximum absolute atomic E-state index is 8.92. The van der Waals surface area contributed by atoms with Crippen LogP contribution < -0.4 is 4.74 Å². The van der Waals surface area contributed by atoms with Crippen LogP contribution in [0.15, 0.2) is 42.5 Å². The van der Waals surface area contributed by atoms with E-state index in [1.807, 2.05) is 12.1 Å². The Morgan fingerprint density at radius 2 is 2.00 bits per heavy atom. The van der Waals surface area contributed by atoms with Crippen LogP contribution in [0.2, 0.25) is 5.02 Å². The molecular formula is C16H14ClNO3. The lowest BCUT2D eigenvalue weighted by Gasteiger charge is -2.13. The van der Waals surface area contributed by atoms with Crippen molar-refractivity contribution in [2.45, 2.75) is 12.7 Å². The van der Waals surface area contributed by atoms with Crippen molar-refractivity contribution in [3.05, 3.63) is 64.2 Å². The summed E-state index contributed by atoms with van der Waals surface area (Å²) in [5.41, 5.74) is 2.35. The van der Waals surface area contributed by atoms with E-state index in [1.165, 1.54) is 0 Å². The number of ether oxygens (including phenoxy) is 1. The van der Waals surface area contributed by atoms with E-state index in [1.54, 1.807) is 30.3 Å². The summed E-state index contributed by atoms with van der Waals surface area (Å²) in [5.74, 6) is 0.537. The van der Waals surface area contributed by atoms with Crippen LogP contribution in [0.3, 0.4) is 0 Å². The fourth-order valence-electron chi connectivity index (χ4n) is 1.96. The molecule has 0 atom stereocenters. The molecule has 0 spiro atoms. The van der Waals surface area contributed by atoms with Crippen LogP contribution in [0.1, 0.15) is 16.7 Å². The second-order valence-electron chi connectivity index (χ2n) is 4.53. The highest BCUT2D eigenvalue weighted by molar-refractivity contribution is 6.30. The molecule has 0 aliphatic rings. The zero-order chi connectivity index (χ0) is 15.2. The van der Waals surface area contributed by atoms with Crippen LogP contribution in [0.5, 0.6) is 5.75 Å². The highest BCUT2D eigenvalue weighted by Crippen LogP contribution is 2.26. The lowest BCUT2D eigenvalue weighted by atomic mass is 10.0. The van der Waals surface area contributed by atoms with Crippen LogP contribution in [0, 0.1) is 11.3 Å². The Hall–Kier alpha value is -2.06. The van der Waals surface area contributed by atoms with Crippen LogP contribution in [-0.4, -0.2) is 23.1 Å². The number of hydrogen-bond acceptors (Lipinski definition) is 4. The highest BCUT2D eigenvalue weighted by Gasteiger charge is 2.08. The zero-order valence-electron chi connectivity index (χ0n) is 11.2. The third-order valence-corrected chi connectivity index (χ3v) is 3.10. The van der Waals surface area contributed by atoms with Gasteiger partial charge in [0.1, 0.15) is 12.4 Å². The zero-order valence-corrected chi connectivity index (χ0v) is 11.9. The molecule has 0 aromatic heterocycles. The smallest absolute Gasteiger partial charge is 0.186 e. The van der Waals surface area contributed by atoms with E-state index in [4.69, 9.17) is 31.8 Å². The van der Waals surface area contributed by atoms with Crippen molar-refractivity contribution < 1.29 is 14.9 Å². The fourth-order valence-corrected chi connectivity index (χ4v) is 2.16. The molecule has 0 saturated carbocycles. The van der Waals surface area contributed by atoms with Crippen molar-refractivity contribution >= 4 is 11.6 Å². The molecule has 0 bridgehead atoms. The number of aliphatic hydroxyl groups is 2. The Labute approximate surface area is 127 Å². The van der Waals surface area contributed by atoms with Gasteiger partial charge in [0.2, 0.25) is 0 Å². The molecule has 2 aromatic rings. The van der Waals surface area contributed by atoms with Crippen LogP contribution in [0.4, 0.5) is 0 Å². The van der Waals surface area contributed by atoms with E-state index >= 15 is 0 Å². The van der Waals surface area contributed by atoms with Gasteiger partial charge in [-0.15, -0.1) is 0 Å². The average Bonchev–Trinajstić information content (AvgIpc) is 2.46. The number of nitriles is 1. The SMILES string of the molecule is N#Cc1cccc(Cc2cc(Cl)ccc2OCC(O)O)c1. The van der Waals surface area contributed by atoms with Gasteiger partial charge >= 0.3 is 0 Å². The molecule has 0 aliphatic heterocycles. The molecule has 21 heavy (non-hydrogen) atoms. The van der Waals surface area contributed by atoms with Gasteiger partial charge in [-0.2, -0.15) is 5.26 Å². The molecule has 0 fully saturated rings. The number of rotatable bonds is 5. The van der Waals surface area contributed by atoms with E-state index in [9.17, 15) is 0 Å². The summed E-state index contributed by atoms with van der Waals surface area (Å²) in [7, 11) is 0. The second kappa shape index (κ2) is 7.09. The second-order valence-corrected chi connectivity index (χ2v) is 4.97. The molecule has 0 aliphatic carbocycles. The van der Waals surface area contributed by atoms with E-state index in [0.29, 0.717) is 22.8 Å². The Morgan fingerprint density at radius 3 is 2.71 bits per heavy atom. The molecule has 108 valence electrons. The Morgan fingerprint density at radius 1 is 1.19 bits per heavy atom. The summed E-state index contributed by atoms with van der Waals surface area (Å²) >= 11 is 6.00. The van der Waals surface area contributed by atoms with Crippen LogP contribution in [-0.2, 0) is 6.42 Å². The van der Waals surface area contributed by atoms with Crippen molar-refractivity contribution in [1.29, 1.82) is 5.26 Å². The Bertz CT molecular complexity index is 665. The number of hydrogen-bond donors (Lipinski definition) is 2. The molecular weight excluding hydrogens is 290 g/mol. The third kappa shape index (κ3) is 4.47. The first-order valence-corrected chi connectivity index (χ1v) is 6.72. The molecule has 0 radical (unpaired) electrons. The molecule has 0 amide bonds. The maximum Gasteiger partial charge on any atom is 0.186 e. The van der Waals surface area contributed by atoms with Gasteiger partial charge in [-0.25, -0.2) is 0 Å². The van der Waals surface area contributed by atoms with E-state index in [-0.39, 0.29) is 6.61 Å². The van der Waals surface area contributed by atoms with E-state index in [2.05, 4.69) is 6.07 Å². The summed E-state index contributed by atoms with van der Waals surface area (Å²) in [5, 5.41) is 27.3. The molecule has 0 saturated heterocycles. The normalized spacial score (nSPS) is 10.4. The van der Waals surface area contributed by atoms with E-state index in [0.717, 1.165) is 11.1 Å². The maximum atomic E-state index is 8.92. The minimum Gasteiger partial charge on any atom is -0.488 e. The Balaban J connectivity index is 2.25. The first kappa shape index (κ1) is 15.3. The quantitative estimate of drug-likeness (QED) is 0.832. The van der Waals surface area contributed by atoms with Gasteiger partial charge in [0, 0.05) is 11.4 Å².